The van der Waals surface area contributed by atoms with Gasteiger partial charge in [-0.15, -0.1) is 0 Å². The number of nitrogens with two attached hydrogens (primary N) is 1. The molecule has 0 aliphatic carbocycles. The lowest BCUT2D eigenvalue weighted by atomic mass is 9.92. The molecule has 0 fully saturated rings. The normalized spacial score (nSPS) is 16.9. The molecule has 170 valence electrons. The number of carbonyl (C=O) groups excluding carboxylic acids is 1. The van der Waals surface area contributed by atoms with Crippen molar-refractivity contribution in [2.24, 2.45) is 0 Å². The van der Waals surface area contributed by atoms with Crippen LogP contribution in [0.3, 0.4) is 0 Å². The number of aromatic nitrogens is 1. The number of anilines is 1. The Balaban J connectivity index is 1.43. The Kier molecular flexibility index (Phi) is 4.96. The molecule has 2 aliphatic heterocycles. The van der Waals surface area contributed by atoms with Crippen LogP contribution in [0.15, 0.2) is 66.7 Å². The number of hydrogen-bond acceptors (Lipinski definition) is 4. The van der Waals surface area contributed by atoms with Gasteiger partial charge in [-0.1, -0.05) is 35.9 Å². The minimum Gasteiger partial charge on any atom is -0.454 e. The van der Waals surface area contributed by atoms with E-state index in [-0.39, 0.29) is 18.7 Å². The average molecular weight is 472 g/mol. The summed E-state index contributed by atoms with van der Waals surface area (Å²) in [5.74, 6) is 1.30. The molecule has 2 aliphatic rings. The van der Waals surface area contributed by atoms with Crippen molar-refractivity contribution < 1.29 is 14.3 Å². The smallest absolute Gasteiger partial charge is 0.247 e. The van der Waals surface area contributed by atoms with E-state index in [0.717, 1.165) is 23.2 Å². The second-order valence-electron chi connectivity index (χ2n) is 8.47. The molecule has 1 amide bonds. The first-order valence-corrected chi connectivity index (χ1v) is 11.5. The Morgan fingerprint density at radius 2 is 1.94 bits per heavy atom. The molecule has 0 spiro atoms. The number of ether oxygens (including phenoxy) is 2. The zero-order valence-corrected chi connectivity index (χ0v) is 19.0. The summed E-state index contributed by atoms with van der Waals surface area (Å²) in [5, 5.41) is 1.74. The summed E-state index contributed by atoms with van der Waals surface area (Å²) < 4.78 is 11.1. The minimum atomic E-state index is -0.292. The van der Waals surface area contributed by atoms with Crippen LogP contribution in [0.5, 0.6) is 11.5 Å². The highest BCUT2D eigenvalue weighted by Gasteiger charge is 2.34. The Morgan fingerprint density at radius 3 is 2.85 bits per heavy atom. The number of halogens is 1. The first kappa shape index (κ1) is 20.7. The van der Waals surface area contributed by atoms with E-state index in [4.69, 9.17) is 26.8 Å². The summed E-state index contributed by atoms with van der Waals surface area (Å²) >= 11 is 6.29. The molecule has 0 radical (unpaired) electrons. The van der Waals surface area contributed by atoms with Crippen LogP contribution in [0.1, 0.15) is 28.4 Å². The number of rotatable bonds is 3. The van der Waals surface area contributed by atoms with Crippen molar-refractivity contribution in [1.29, 1.82) is 0 Å². The Hall–Kier alpha value is -3.90. The number of amides is 1. The second-order valence-corrected chi connectivity index (χ2v) is 8.88. The fourth-order valence-corrected chi connectivity index (χ4v) is 5.04. The number of nitrogen functional groups attached to an aromatic ring is 1. The van der Waals surface area contributed by atoms with Gasteiger partial charge in [0.1, 0.15) is 0 Å². The third-order valence-electron chi connectivity index (χ3n) is 6.46. The SMILES string of the molecule is Nc1ccc(Cl)c(C=CC(=O)N2CCc3c([nH]c4ccccc34)C2c2ccc3c(c2)OCO3)c1. The lowest BCUT2D eigenvalue weighted by molar-refractivity contribution is -0.128. The molecule has 3 heterocycles. The van der Waals surface area contributed by atoms with Crippen LogP contribution in [0.25, 0.3) is 17.0 Å². The zero-order valence-electron chi connectivity index (χ0n) is 18.3. The standard InChI is InChI=1S/C27H22ClN3O3/c28-21-8-7-18(29)13-16(21)6-10-25(32)31-12-11-20-19-3-1-2-4-22(19)30-26(20)27(31)17-5-9-23-24(14-17)34-15-33-23/h1-10,13-14,27,30H,11-12,15,29H2. The molecule has 0 bridgehead atoms. The molecule has 7 heteroatoms. The molecule has 6 rings (SSSR count). The third-order valence-corrected chi connectivity index (χ3v) is 6.80. The van der Waals surface area contributed by atoms with Gasteiger partial charge in [-0.05, 0) is 65.6 Å². The molecule has 1 aromatic heterocycles. The Morgan fingerprint density at radius 1 is 1.09 bits per heavy atom. The highest BCUT2D eigenvalue weighted by atomic mass is 35.5. The molecule has 3 N–H and O–H groups in total. The molecular formula is C27H22ClN3O3. The van der Waals surface area contributed by atoms with Crippen molar-refractivity contribution in [1.82, 2.24) is 9.88 Å². The quantitative estimate of drug-likeness (QED) is 0.313. The van der Waals surface area contributed by atoms with Crippen LogP contribution in [0.2, 0.25) is 5.02 Å². The lowest BCUT2D eigenvalue weighted by Crippen LogP contribution is -2.39. The fourth-order valence-electron chi connectivity index (χ4n) is 4.85. The maximum absolute atomic E-state index is 13.5. The summed E-state index contributed by atoms with van der Waals surface area (Å²) in [5.41, 5.74) is 11.5. The van der Waals surface area contributed by atoms with Gasteiger partial charge in [0.2, 0.25) is 12.7 Å². The predicted octanol–water partition coefficient (Wildman–Crippen LogP) is 5.32. The maximum atomic E-state index is 13.5. The van der Waals surface area contributed by atoms with Gasteiger partial charge in [0.25, 0.3) is 0 Å². The van der Waals surface area contributed by atoms with E-state index in [1.165, 1.54) is 10.9 Å². The van der Waals surface area contributed by atoms with Crippen LogP contribution in [0.4, 0.5) is 5.69 Å². The van der Waals surface area contributed by atoms with E-state index in [9.17, 15) is 4.79 Å². The summed E-state index contributed by atoms with van der Waals surface area (Å²) in [6.07, 6.45) is 4.05. The van der Waals surface area contributed by atoms with Gasteiger partial charge in [-0.25, -0.2) is 0 Å². The van der Waals surface area contributed by atoms with Gasteiger partial charge >= 0.3 is 0 Å². The molecule has 3 aromatic carbocycles. The molecule has 0 saturated heterocycles. The van der Waals surface area contributed by atoms with Gasteiger partial charge in [-0.3, -0.25) is 4.79 Å². The summed E-state index contributed by atoms with van der Waals surface area (Å²) in [7, 11) is 0. The van der Waals surface area contributed by atoms with E-state index in [1.807, 2.05) is 35.2 Å². The number of hydrogen-bond donors (Lipinski definition) is 2. The average Bonchev–Trinajstić information content (AvgIpc) is 3.47. The fraction of sp³-hybridized carbons (Fsp3) is 0.148. The monoisotopic (exact) mass is 471 g/mol. The summed E-state index contributed by atoms with van der Waals surface area (Å²) in [6, 6.07) is 19.0. The van der Waals surface area contributed by atoms with Gasteiger partial charge in [-0.2, -0.15) is 0 Å². The van der Waals surface area contributed by atoms with Gasteiger partial charge in [0.05, 0.1) is 6.04 Å². The number of aromatic amines is 1. The van der Waals surface area contributed by atoms with Crippen LogP contribution in [0, 0.1) is 0 Å². The van der Waals surface area contributed by atoms with Crippen molar-refractivity contribution >= 4 is 40.2 Å². The van der Waals surface area contributed by atoms with Crippen molar-refractivity contribution in [3.8, 4) is 11.5 Å². The third kappa shape index (κ3) is 3.47. The van der Waals surface area contributed by atoms with E-state index in [2.05, 4.69) is 17.1 Å². The van der Waals surface area contributed by atoms with Crippen LogP contribution < -0.4 is 15.2 Å². The summed E-state index contributed by atoms with van der Waals surface area (Å²) in [4.78, 5) is 19.0. The number of H-pyrrole nitrogens is 1. The Bertz CT molecular complexity index is 1460. The predicted molar refractivity (Wildman–Crippen MR) is 133 cm³/mol. The maximum Gasteiger partial charge on any atom is 0.247 e. The van der Waals surface area contributed by atoms with E-state index in [0.29, 0.717) is 34.3 Å². The van der Waals surface area contributed by atoms with Crippen molar-refractivity contribution in [2.75, 3.05) is 19.1 Å². The molecular weight excluding hydrogens is 450 g/mol. The van der Waals surface area contributed by atoms with E-state index in [1.54, 1.807) is 30.4 Å². The lowest BCUT2D eigenvalue weighted by Gasteiger charge is -2.35. The van der Waals surface area contributed by atoms with Crippen molar-refractivity contribution in [3.05, 3.63) is 94.1 Å². The van der Waals surface area contributed by atoms with Crippen LogP contribution >= 0.6 is 11.6 Å². The van der Waals surface area contributed by atoms with Gasteiger partial charge in [0.15, 0.2) is 11.5 Å². The largest absolute Gasteiger partial charge is 0.454 e. The molecule has 4 aromatic rings. The number of nitrogens with zero attached hydrogens (tertiary/aromatic N) is 1. The molecule has 0 saturated carbocycles. The van der Waals surface area contributed by atoms with E-state index < -0.39 is 0 Å². The molecule has 1 atom stereocenters. The topological polar surface area (TPSA) is 80.6 Å². The second kappa shape index (κ2) is 8.15. The summed E-state index contributed by atoms with van der Waals surface area (Å²) in [6.45, 7) is 0.787. The molecule has 34 heavy (non-hydrogen) atoms. The number of para-hydroxylation sites is 1. The van der Waals surface area contributed by atoms with Crippen LogP contribution in [-0.2, 0) is 11.2 Å². The molecule has 1 unspecified atom stereocenters. The number of nitrogens with one attached hydrogen (secondary N) is 1. The number of benzene rings is 3. The first-order chi connectivity index (χ1) is 16.6. The number of fused-ring (bicyclic) bond motifs is 4. The van der Waals surface area contributed by atoms with Crippen LogP contribution in [-0.4, -0.2) is 29.1 Å². The van der Waals surface area contributed by atoms with Crippen molar-refractivity contribution in [2.45, 2.75) is 12.5 Å². The van der Waals surface area contributed by atoms with E-state index >= 15 is 0 Å². The molecule has 6 nitrogen and oxygen atoms in total. The Labute approximate surface area is 201 Å². The van der Waals surface area contributed by atoms with Crippen molar-refractivity contribution in [3.63, 3.8) is 0 Å². The highest BCUT2D eigenvalue weighted by Crippen LogP contribution is 2.42. The first-order valence-electron chi connectivity index (χ1n) is 11.1. The zero-order chi connectivity index (χ0) is 23.2. The van der Waals surface area contributed by atoms with Gasteiger partial charge in [0, 0.05) is 39.9 Å². The highest BCUT2D eigenvalue weighted by molar-refractivity contribution is 6.32. The van der Waals surface area contributed by atoms with Gasteiger partial charge < -0.3 is 25.1 Å². The minimum absolute atomic E-state index is 0.106. The number of carbonyl (C=O) groups is 1.